The van der Waals surface area contributed by atoms with Gasteiger partial charge in [0.05, 0.1) is 0 Å². The Morgan fingerprint density at radius 1 is 1.40 bits per heavy atom. The van der Waals surface area contributed by atoms with Crippen molar-refractivity contribution >= 4 is 19.7 Å². The summed E-state index contributed by atoms with van der Waals surface area (Å²) in [5.74, 6) is 0.473. The van der Waals surface area contributed by atoms with Crippen LogP contribution in [0.25, 0.3) is 0 Å². The van der Waals surface area contributed by atoms with Gasteiger partial charge in [-0.2, -0.15) is 0 Å². The average Bonchev–Trinajstić information content (AvgIpc) is 2.30. The largest absolute Gasteiger partial charge is 0.348 e. The lowest BCUT2D eigenvalue weighted by atomic mass is 10.2. The van der Waals surface area contributed by atoms with Gasteiger partial charge in [-0.1, -0.05) is 13.8 Å². The molecule has 15 heavy (non-hydrogen) atoms. The van der Waals surface area contributed by atoms with E-state index in [4.69, 9.17) is 10.7 Å². The standard InChI is InChI=1S/C10H16ClNO2S/c1-7(2)6-12-8(3)5-10(9(12)4)15(11,13)14/h5,7H,6H2,1-4H3. The Morgan fingerprint density at radius 3 is 2.27 bits per heavy atom. The fraction of sp³-hybridized carbons (Fsp3) is 0.600. The van der Waals surface area contributed by atoms with E-state index in [1.807, 2.05) is 11.5 Å². The van der Waals surface area contributed by atoms with Gasteiger partial charge in [-0.05, 0) is 25.8 Å². The van der Waals surface area contributed by atoms with Crippen LogP contribution in [0, 0.1) is 19.8 Å². The molecule has 1 aromatic heterocycles. The first-order chi connectivity index (χ1) is 6.73. The lowest BCUT2D eigenvalue weighted by Gasteiger charge is -2.11. The third-order valence-electron chi connectivity index (χ3n) is 2.34. The van der Waals surface area contributed by atoms with Crippen LogP contribution in [0.5, 0.6) is 0 Å². The Balaban J connectivity index is 3.27. The molecule has 1 rings (SSSR count). The van der Waals surface area contributed by atoms with Gasteiger partial charge in [0.2, 0.25) is 0 Å². The van der Waals surface area contributed by atoms with E-state index in [1.165, 1.54) is 0 Å². The minimum atomic E-state index is -3.62. The van der Waals surface area contributed by atoms with Gasteiger partial charge in [0.15, 0.2) is 0 Å². The van der Waals surface area contributed by atoms with Gasteiger partial charge in [-0.15, -0.1) is 0 Å². The van der Waals surface area contributed by atoms with Crippen LogP contribution < -0.4 is 0 Å². The molecule has 86 valence electrons. The number of hydrogen-bond acceptors (Lipinski definition) is 2. The van der Waals surface area contributed by atoms with Gasteiger partial charge < -0.3 is 4.57 Å². The van der Waals surface area contributed by atoms with Crippen molar-refractivity contribution in [2.75, 3.05) is 0 Å². The third-order valence-corrected chi connectivity index (χ3v) is 3.77. The normalized spacial score (nSPS) is 12.4. The predicted molar refractivity (Wildman–Crippen MR) is 61.8 cm³/mol. The molecule has 5 heteroatoms. The molecule has 0 spiro atoms. The molecule has 0 saturated heterocycles. The summed E-state index contributed by atoms with van der Waals surface area (Å²) in [5, 5.41) is 0. The molecule has 0 aliphatic rings. The van der Waals surface area contributed by atoms with Crippen LogP contribution >= 0.6 is 10.7 Å². The second-order valence-corrected chi connectivity index (χ2v) is 6.71. The van der Waals surface area contributed by atoms with Crippen LogP contribution in [0.2, 0.25) is 0 Å². The first-order valence-electron chi connectivity index (χ1n) is 4.85. The Labute approximate surface area is 95.5 Å². The number of aryl methyl sites for hydroxylation is 1. The van der Waals surface area contributed by atoms with Crippen LogP contribution in [0.3, 0.4) is 0 Å². The fourth-order valence-corrected chi connectivity index (χ4v) is 2.91. The van der Waals surface area contributed by atoms with E-state index in [0.29, 0.717) is 5.92 Å². The molecule has 0 saturated carbocycles. The maximum absolute atomic E-state index is 11.3. The maximum Gasteiger partial charge on any atom is 0.263 e. The zero-order valence-electron chi connectivity index (χ0n) is 9.41. The van der Waals surface area contributed by atoms with E-state index in [0.717, 1.165) is 17.9 Å². The number of nitrogens with zero attached hydrogens (tertiary/aromatic N) is 1. The third kappa shape index (κ3) is 2.75. The van der Waals surface area contributed by atoms with Crippen molar-refractivity contribution in [2.45, 2.75) is 39.1 Å². The first kappa shape index (κ1) is 12.6. The van der Waals surface area contributed by atoms with E-state index >= 15 is 0 Å². The van der Waals surface area contributed by atoms with E-state index in [1.54, 1.807) is 13.0 Å². The predicted octanol–water partition coefficient (Wildman–Crippen LogP) is 2.69. The molecule has 1 heterocycles. The van der Waals surface area contributed by atoms with Crippen molar-refractivity contribution in [3.8, 4) is 0 Å². The second kappa shape index (κ2) is 4.18. The second-order valence-electron chi connectivity index (χ2n) is 4.18. The van der Waals surface area contributed by atoms with E-state index in [9.17, 15) is 8.42 Å². The summed E-state index contributed by atoms with van der Waals surface area (Å²) in [6.07, 6.45) is 0. The van der Waals surface area contributed by atoms with Gasteiger partial charge >= 0.3 is 0 Å². The summed E-state index contributed by atoms with van der Waals surface area (Å²) in [6, 6.07) is 1.63. The van der Waals surface area contributed by atoms with Crippen molar-refractivity contribution in [2.24, 2.45) is 5.92 Å². The molecule has 0 fully saturated rings. The maximum atomic E-state index is 11.3. The van der Waals surface area contributed by atoms with Crippen LogP contribution in [0.4, 0.5) is 0 Å². The molecule has 0 atom stereocenters. The summed E-state index contributed by atoms with van der Waals surface area (Å²) >= 11 is 0. The summed E-state index contributed by atoms with van der Waals surface area (Å²) in [5.41, 5.74) is 1.65. The highest BCUT2D eigenvalue weighted by Gasteiger charge is 2.19. The Hall–Kier alpha value is -0.480. The monoisotopic (exact) mass is 249 g/mol. The van der Waals surface area contributed by atoms with Crippen molar-refractivity contribution in [1.29, 1.82) is 0 Å². The molecular weight excluding hydrogens is 234 g/mol. The Morgan fingerprint density at radius 2 is 1.93 bits per heavy atom. The number of halogens is 1. The minimum Gasteiger partial charge on any atom is -0.348 e. The Kier molecular flexibility index (Phi) is 3.51. The van der Waals surface area contributed by atoms with Crippen molar-refractivity contribution < 1.29 is 8.42 Å². The van der Waals surface area contributed by atoms with Gasteiger partial charge in [-0.3, -0.25) is 0 Å². The van der Waals surface area contributed by atoms with Gasteiger partial charge in [0, 0.05) is 28.6 Å². The number of hydrogen-bond donors (Lipinski definition) is 0. The average molecular weight is 250 g/mol. The fourth-order valence-electron chi connectivity index (χ4n) is 1.66. The summed E-state index contributed by atoms with van der Waals surface area (Å²) in [7, 11) is 1.73. The van der Waals surface area contributed by atoms with E-state index in [-0.39, 0.29) is 4.90 Å². The Bertz CT molecular complexity index is 460. The molecule has 0 aromatic carbocycles. The SMILES string of the molecule is Cc1cc(S(=O)(=O)Cl)c(C)n1CC(C)C. The number of aromatic nitrogens is 1. The van der Waals surface area contributed by atoms with Crippen LogP contribution in [0.1, 0.15) is 25.2 Å². The van der Waals surface area contributed by atoms with Gasteiger partial charge in [0.25, 0.3) is 9.05 Å². The highest BCUT2D eigenvalue weighted by atomic mass is 35.7. The minimum absolute atomic E-state index is 0.224. The lowest BCUT2D eigenvalue weighted by Crippen LogP contribution is -2.08. The van der Waals surface area contributed by atoms with Crippen LogP contribution in [-0.4, -0.2) is 13.0 Å². The van der Waals surface area contributed by atoms with Crippen LogP contribution in [-0.2, 0) is 15.6 Å². The first-order valence-corrected chi connectivity index (χ1v) is 7.15. The molecule has 0 aliphatic carbocycles. The molecule has 0 radical (unpaired) electrons. The zero-order valence-corrected chi connectivity index (χ0v) is 11.0. The molecule has 0 bridgehead atoms. The van der Waals surface area contributed by atoms with E-state index in [2.05, 4.69) is 13.8 Å². The molecule has 0 amide bonds. The summed E-state index contributed by atoms with van der Waals surface area (Å²) in [4.78, 5) is 0.224. The smallest absolute Gasteiger partial charge is 0.263 e. The highest BCUT2D eigenvalue weighted by Crippen LogP contribution is 2.24. The van der Waals surface area contributed by atoms with Crippen molar-refractivity contribution in [1.82, 2.24) is 4.57 Å². The molecular formula is C10H16ClNO2S. The molecule has 3 nitrogen and oxygen atoms in total. The van der Waals surface area contributed by atoms with Crippen molar-refractivity contribution in [3.05, 3.63) is 17.5 Å². The topological polar surface area (TPSA) is 39.1 Å². The molecule has 0 unspecified atom stereocenters. The van der Waals surface area contributed by atoms with Crippen LogP contribution in [0.15, 0.2) is 11.0 Å². The lowest BCUT2D eigenvalue weighted by molar-refractivity contribution is 0.507. The number of rotatable bonds is 3. The van der Waals surface area contributed by atoms with Gasteiger partial charge in [-0.25, -0.2) is 8.42 Å². The quantitative estimate of drug-likeness (QED) is 0.773. The van der Waals surface area contributed by atoms with E-state index < -0.39 is 9.05 Å². The van der Waals surface area contributed by atoms with Gasteiger partial charge in [0.1, 0.15) is 4.90 Å². The van der Waals surface area contributed by atoms with Crippen molar-refractivity contribution in [3.63, 3.8) is 0 Å². The highest BCUT2D eigenvalue weighted by molar-refractivity contribution is 8.13. The zero-order chi connectivity index (χ0) is 11.8. The molecule has 0 aliphatic heterocycles. The summed E-state index contributed by atoms with van der Waals surface area (Å²) in [6.45, 7) is 8.66. The molecule has 1 aromatic rings. The summed E-state index contributed by atoms with van der Waals surface area (Å²) < 4.78 is 24.5. The molecule has 0 N–H and O–H groups in total.